The van der Waals surface area contributed by atoms with Gasteiger partial charge in [0.25, 0.3) is 0 Å². The summed E-state index contributed by atoms with van der Waals surface area (Å²) in [6.45, 7) is 3.72. The van der Waals surface area contributed by atoms with Crippen LogP contribution in [0.2, 0.25) is 0 Å². The van der Waals surface area contributed by atoms with E-state index >= 15 is 0 Å². The van der Waals surface area contributed by atoms with Crippen molar-refractivity contribution in [2.75, 3.05) is 18.1 Å². The molecule has 0 spiro atoms. The molecule has 2 aromatic rings. The zero-order chi connectivity index (χ0) is 20.6. The van der Waals surface area contributed by atoms with Crippen LogP contribution in [0.5, 0.6) is 0 Å². The third kappa shape index (κ3) is 7.20. The lowest BCUT2D eigenvalue weighted by atomic mass is 10.1. The standard InChI is InChI=1S/C21H23BrFNO3S/c1-2-12-24(15-18-14-19(22)10-11-20(18)23)21(25)16-28(26,27)13-6-9-17-7-4-3-5-8-17/h2-5,7-8,10-11,14H,1,6,9,12-13,15-16H2. The van der Waals surface area contributed by atoms with Crippen LogP contribution in [0.3, 0.4) is 0 Å². The lowest BCUT2D eigenvalue weighted by Crippen LogP contribution is -2.36. The van der Waals surface area contributed by atoms with E-state index in [2.05, 4.69) is 22.5 Å². The van der Waals surface area contributed by atoms with E-state index in [1.807, 2.05) is 30.3 Å². The molecule has 0 radical (unpaired) electrons. The Morgan fingerprint density at radius 1 is 1.18 bits per heavy atom. The van der Waals surface area contributed by atoms with Gasteiger partial charge in [0.15, 0.2) is 9.84 Å². The molecule has 0 saturated heterocycles. The van der Waals surface area contributed by atoms with Crippen LogP contribution < -0.4 is 0 Å². The van der Waals surface area contributed by atoms with Gasteiger partial charge in [-0.3, -0.25) is 4.79 Å². The third-order valence-corrected chi connectivity index (χ3v) is 6.27. The maximum Gasteiger partial charge on any atom is 0.238 e. The number of halogens is 2. The summed E-state index contributed by atoms with van der Waals surface area (Å²) >= 11 is 3.27. The molecule has 0 fully saturated rings. The first-order valence-electron chi connectivity index (χ1n) is 8.87. The second-order valence-electron chi connectivity index (χ2n) is 6.48. The molecule has 0 heterocycles. The van der Waals surface area contributed by atoms with Crippen molar-refractivity contribution >= 4 is 31.7 Å². The monoisotopic (exact) mass is 467 g/mol. The van der Waals surface area contributed by atoms with Gasteiger partial charge in [0.2, 0.25) is 5.91 Å². The highest BCUT2D eigenvalue weighted by molar-refractivity contribution is 9.10. The van der Waals surface area contributed by atoms with Crippen molar-refractivity contribution in [3.63, 3.8) is 0 Å². The minimum atomic E-state index is -3.55. The number of benzene rings is 2. The van der Waals surface area contributed by atoms with E-state index in [0.29, 0.717) is 22.9 Å². The predicted octanol–water partition coefficient (Wildman–Crippen LogP) is 4.15. The Balaban J connectivity index is 1.97. The van der Waals surface area contributed by atoms with E-state index in [4.69, 9.17) is 0 Å². The van der Waals surface area contributed by atoms with E-state index in [-0.39, 0.29) is 18.8 Å². The molecule has 1 amide bonds. The molecule has 2 aromatic carbocycles. The first-order chi connectivity index (χ1) is 13.3. The maximum absolute atomic E-state index is 14.0. The molecule has 0 N–H and O–H groups in total. The minimum absolute atomic E-state index is 0.0182. The number of amides is 1. The Morgan fingerprint density at radius 2 is 1.89 bits per heavy atom. The molecule has 0 bridgehead atoms. The number of hydrogen-bond donors (Lipinski definition) is 0. The second kappa shape index (κ2) is 10.5. The summed E-state index contributed by atoms with van der Waals surface area (Å²) in [5.74, 6) is -1.67. The number of carbonyl (C=O) groups excluding carboxylic acids is 1. The number of sulfone groups is 1. The van der Waals surface area contributed by atoms with Crippen LogP contribution in [0, 0.1) is 5.82 Å². The van der Waals surface area contributed by atoms with Crippen molar-refractivity contribution < 1.29 is 17.6 Å². The normalized spacial score (nSPS) is 11.2. The molecule has 0 atom stereocenters. The number of hydrogen-bond acceptors (Lipinski definition) is 3. The highest BCUT2D eigenvalue weighted by Crippen LogP contribution is 2.18. The van der Waals surface area contributed by atoms with E-state index in [9.17, 15) is 17.6 Å². The average molecular weight is 468 g/mol. The van der Waals surface area contributed by atoms with Crippen molar-refractivity contribution in [1.29, 1.82) is 0 Å². The van der Waals surface area contributed by atoms with Crippen LogP contribution in [0.4, 0.5) is 4.39 Å². The molecule has 28 heavy (non-hydrogen) atoms. The van der Waals surface area contributed by atoms with E-state index in [1.54, 1.807) is 12.1 Å². The molecule has 4 nitrogen and oxygen atoms in total. The van der Waals surface area contributed by atoms with Gasteiger partial charge in [0.1, 0.15) is 11.6 Å². The summed E-state index contributed by atoms with van der Waals surface area (Å²) in [7, 11) is -3.55. The van der Waals surface area contributed by atoms with Crippen LogP contribution in [0.25, 0.3) is 0 Å². The summed E-state index contributed by atoms with van der Waals surface area (Å²) in [4.78, 5) is 13.8. The van der Waals surface area contributed by atoms with Gasteiger partial charge < -0.3 is 4.90 Å². The summed E-state index contributed by atoms with van der Waals surface area (Å²) < 4.78 is 39.4. The second-order valence-corrected chi connectivity index (χ2v) is 9.58. The Bertz CT molecular complexity index is 917. The number of rotatable bonds is 10. The van der Waals surface area contributed by atoms with Gasteiger partial charge >= 0.3 is 0 Å². The summed E-state index contributed by atoms with van der Waals surface area (Å²) in [5, 5.41) is 0. The molecule has 7 heteroatoms. The quantitative estimate of drug-likeness (QED) is 0.493. The summed E-state index contributed by atoms with van der Waals surface area (Å²) in [6, 6.07) is 14.0. The molecule has 150 valence electrons. The van der Waals surface area contributed by atoms with Gasteiger partial charge in [-0.05, 0) is 36.6 Å². The van der Waals surface area contributed by atoms with Gasteiger partial charge in [-0.25, -0.2) is 12.8 Å². The Kier molecular flexibility index (Phi) is 8.38. The zero-order valence-electron chi connectivity index (χ0n) is 15.5. The Labute approximate surface area is 174 Å². The van der Waals surface area contributed by atoms with Crippen LogP contribution in [0.1, 0.15) is 17.5 Å². The topological polar surface area (TPSA) is 54.5 Å². The van der Waals surface area contributed by atoms with Crippen molar-refractivity contribution in [1.82, 2.24) is 4.90 Å². The van der Waals surface area contributed by atoms with Gasteiger partial charge in [0, 0.05) is 23.1 Å². The molecule has 0 unspecified atom stereocenters. The van der Waals surface area contributed by atoms with Gasteiger partial charge in [-0.15, -0.1) is 6.58 Å². The lowest BCUT2D eigenvalue weighted by molar-refractivity contribution is -0.128. The first-order valence-corrected chi connectivity index (χ1v) is 11.5. The van der Waals surface area contributed by atoms with Crippen molar-refractivity contribution in [3.05, 3.63) is 82.6 Å². The van der Waals surface area contributed by atoms with Crippen LogP contribution in [-0.4, -0.2) is 37.3 Å². The van der Waals surface area contributed by atoms with E-state index in [0.717, 1.165) is 5.56 Å². The van der Waals surface area contributed by atoms with Crippen molar-refractivity contribution in [2.45, 2.75) is 19.4 Å². The van der Waals surface area contributed by atoms with Gasteiger partial charge in [0.05, 0.1) is 5.75 Å². The summed E-state index contributed by atoms with van der Waals surface area (Å²) in [5.41, 5.74) is 1.37. The molecule has 0 aliphatic rings. The summed E-state index contributed by atoms with van der Waals surface area (Å²) in [6.07, 6.45) is 2.57. The molecule has 0 aromatic heterocycles. The third-order valence-electron chi connectivity index (χ3n) is 4.18. The number of nitrogens with zero attached hydrogens (tertiary/aromatic N) is 1. The Morgan fingerprint density at radius 3 is 2.57 bits per heavy atom. The first kappa shape index (κ1) is 22.3. The fourth-order valence-corrected chi connectivity index (χ4v) is 4.47. The fourth-order valence-electron chi connectivity index (χ4n) is 2.77. The molecule has 0 saturated carbocycles. The predicted molar refractivity (Wildman–Crippen MR) is 113 cm³/mol. The molecule has 0 aliphatic heterocycles. The number of carbonyl (C=O) groups is 1. The SMILES string of the molecule is C=CCN(Cc1cc(Br)ccc1F)C(=O)CS(=O)(=O)CCCc1ccccc1. The van der Waals surface area contributed by atoms with E-state index in [1.165, 1.54) is 17.0 Å². The van der Waals surface area contributed by atoms with E-state index < -0.39 is 27.3 Å². The molecular formula is C21H23BrFNO3S. The lowest BCUT2D eigenvalue weighted by Gasteiger charge is -2.21. The minimum Gasteiger partial charge on any atom is -0.334 e. The Hall–Kier alpha value is -1.99. The van der Waals surface area contributed by atoms with Crippen LogP contribution in [0.15, 0.2) is 65.7 Å². The zero-order valence-corrected chi connectivity index (χ0v) is 17.9. The molecular weight excluding hydrogens is 445 g/mol. The highest BCUT2D eigenvalue weighted by Gasteiger charge is 2.22. The van der Waals surface area contributed by atoms with Crippen LogP contribution >= 0.6 is 15.9 Å². The molecule has 0 aliphatic carbocycles. The van der Waals surface area contributed by atoms with Gasteiger partial charge in [-0.1, -0.05) is 52.3 Å². The van der Waals surface area contributed by atoms with Crippen molar-refractivity contribution in [2.24, 2.45) is 0 Å². The maximum atomic E-state index is 14.0. The van der Waals surface area contributed by atoms with Crippen LogP contribution in [-0.2, 0) is 27.6 Å². The largest absolute Gasteiger partial charge is 0.334 e. The van der Waals surface area contributed by atoms with Crippen molar-refractivity contribution in [3.8, 4) is 0 Å². The number of aryl methyl sites for hydroxylation is 1. The highest BCUT2D eigenvalue weighted by atomic mass is 79.9. The smallest absolute Gasteiger partial charge is 0.238 e. The molecule has 2 rings (SSSR count). The fraction of sp³-hybridized carbons (Fsp3) is 0.286. The van der Waals surface area contributed by atoms with Gasteiger partial charge in [-0.2, -0.15) is 0 Å². The average Bonchev–Trinajstić information content (AvgIpc) is 2.64.